The van der Waals surface area contributed by atoms with E-state index in [1.54, 1.807) is 0 Å². The van der Waals surface area contributed by atoms with E-state index < -0.39 is 16.9 Å². The van der Waals surface area contributed by atoms with Crippen molar-refractivity contribution in [1.29, 1.82) is 0 Å². The number of carbonyl (C=O) groups is 2. The molecule has 2 heterocycles. The Balaban J connectivity index is 1.96. The Labute approximate surface area is 146 Å². The highest BCUT2D eigenvalue weighted by Crippen LogP contribution is 2.30. The van der Waals surface area contributed by atoms with E-state index in [-0.39, 0.29) is 36.8 Å². The normalized spacial score (nSPS) is 14.1. The fourth-order valence-electron chi connectivity index (χ4n) is 2.67. The minimum atomic E-state index is -1.09. The van der Waals surface area contributed by atoms with Gasteiger partial charge in [-0.1, -0.05) is 0 Å². The highest BCUT2D eigenvalue weighted by molar-refractivity contribution is 5.95. The Morgan fingerprint density at radius 1 is 1.27 bits per heavy atom. The number of hydrogen-bond donors (Lipinski definition) is 2. The van der Waals surface area contributed by atoms with Crippen LogP contribution in [0.25, 0.3) is 5.69 Å². The van der Waals surface area contributed by atoms with Crippen molar-refractivity contribution in [2.45, 2.75) is 0 Å². The Hall–Kier alpha value is -3.47. The molecule has 1 aliphatic heterocycles. The van der Waals surface area contributed by atoms with Crippen LogP contribution in [0.2, 0.25) is 0 Å². The maximum Gasteiger partial charge on any atom is 0.335 e. The Morgan fingerprint density at radius 2 is 1.96 bits per heavy atom. The highest BCUT2D eigenvalue weighted by atomic mass is 16.6. The summed E-state index contributed by atoms with van der Waals surface area (Å²) in [5.41, 5.74) is 0.153. The van der Waals surface area contributed by atoms with E-state index in [1.807, 2.05) is 0 Å². The summed E-state index contributed by atoms with van der Waals surface area (Å²) in [5, 5.41) is 33.4. The van der Waals surface area contributed by atoms with Gasteiger partial charge in [-0.25, -0.2) is 14.3 Å². The summed E-state index contributed by atoms with van der Waals surface area (Å²) in [7, 11) is 0. The molecule has 0 aliphatic carbocycles. The van der Waals surface area contributed by atoms with Crippen molar-refractivity contribution in [2.75, 3.05) is 31.1 Å². The molecule has 2 amide bonds. The lowest BCUT2D eigenvalue weighted by Crippen LogP contribution is -2.34. The number of aromatic carboxylic acids is 1. The van der Waals surface area contributed by atoms with Crippen molar-refractivity contribution in [1.82, 2.24) is 14.7 Å². The number of benzene rings is 1. The first kappa shape index (κ1) is 17.4. The summed E-state index contributed by atoms with van der Waals surface area (Å²) >= 11 is 0. The molecule has 2 aromatic rings. The number of aliphatic hydroxyl groups is 1. The largest absolute Gasteiger partial charge is 0.478 e. The third-order valence-corrected chi connectivity index (χ3v) is 3.97. The van der Waals surface area contributed by atoms with E-state index in [4.69, 9.17) is 10.2 Å². The van der Waals surface area contributed by atoms with Crippen molar-refractivity contribution in [3.8, 4) is 5.69 Å². The molecule has 1 saturated heterocycles. The monoisotopic (exact) mass is 361 g/mol. The van der Waals surface area contributed by atoms with Crippen LogP contribution in [0.5, 0.6) is 0 Å². The van der Waals surface area contributed by atoms with Crippen LogP contribution in [0.3, 0.4) is 0 Å². The van der Waals surface area contributed by atoms with Crippen LogP contribution in [0.15, 0.2) is 30.5 Å². The number of aliphatic hydroxyl groups excluding tert-OH is 1. The quantitative estimate of drug-likeness (QED) is 0.570. The van der Waals surface area contributed by atoms with Crippen LogP contribution < -0.4 is 4.90 Å². The van der Waals surface area contributed by atoms with Gasteiger partial charge in [-0.05, 0) is 24.3 Å². The molecule has 1 fully saturated rings. The molecule has 11 heteroatoms. The van der Waals surface area contributed by atoms with Crippen molar-refractivity contribution in [3.63, 3.8) is 0 Å². The first-order valence-corrected chi connectivity index (χ1v) is 7.67. The number of hydrogen-bond acceptors (Lipinski definition) is 6. The van der Waals surface area contributed by atoms with Crippen molar-refractivity contribution in [3.05, 3.63) is 46.1 Å². The van der Waals surface area contributed by atoms with Gasteiger partial charge in [0.25, 0.3) is 0 Å². The van der Waals surface area contributed by atoms with Gasteiger partial charge in [0.15, 0.2) is 0 Å². The molecule has 26 heavy (non-hydrogen) atoms. The highest BCUT2D eigenvalue weighted by Gasteiger charge is 2.36. The van der Waals surface area contributed by atoms with E-state index >= 15 is 0 Å². The third-order valence-electron chi connectivity index (χ3n) is 3.97. The summed E-state index contributed by atoms with van der Waals surface area (Å²) in [4.78, 5) is 36.6. The van der Waals surface area contributed by atoms with E-state index in [0.29, 0.717) is 12.2 Å². The van der Waals surface area contributed by atoms with Gasteiger partial charge in [0, 0.05) is 19.6 Å². The first-order valence-electron chi connectivity index (χ1n) is 7.67. The van der Waals surface area contributed by atoms with E-state index in [2.05, 4.69) is 5.10 Å². The molecule has 3 rings (SSSR count). The van der Waals surface area contributed by atoms with Gasteiger partial charge in [0.2, 0.25) is 5.82 Å². The van der Waals surface area contributed by atoms with E-state index in [9.17, 15) is 19.7 Å². The van der Waals surface area contributed by atoms with Crippen molar-refractivity contribution in [2.24, 2.45) is 0 Å². The van der Waals surface area contributed by atoms with Gasteiger partial charge >= 0.3 is 17.7 Å². The Morgan fingerprint density at radius 3 is 2.54 bits per heavy atom. The summed E-state index contributed by atoms with van der Waals surface area (Å²) in [6, 6.07) is 5.18. The van der Waals surface area contributed by atoms with Crippen LogP contribution in [0.1, 0.15) is 10.4 Å². The van der Waals surface area contributed by atoms with Gasteiger partial charge in [-0.2, -0.15) is 0 Å². The average molecular weight is 361 g/mol. The molecule has 2 N–H and O–H groups in total. The molecule has 0 spiro atoms. The number of nitrogens with zero attached hydrogens (tertiary/aromatic N) is 5. The Kier molecular flexibility index (Phi) is 4.54. The second kappa shape index (κ2) is 6.80. The molecular weight excluding hydrogens is 346 g/mol. The fraction of sp³-hybridized carbons (Fsp3) is 0.267. The fourth-order valence-corrected chi connectivity index (χ4v) is 2.67. The van der Waals surface area contributed by atoms with Gasteiger partial charge in [0.1, 0.15) is 6.20 Å². The molecular formula is C15H15N5O6. The van der Waals surface area contributed by atoms with Crippen LogP contribution in [0, 0.1) is 10.1 Å². The molecule has 0 bridgehead atoms. The standard InChI is InChI=1S/C15H15N5O6/c21-8-7-17-5-6-18(15(17)24)13-12(20(25)26)9-19(16-13)11-3-1-10(2-4-11)14(22)23/h1-4,9,21H,5-8H2,(H,22,23). The van der Waals surface area contributed by atoms with Crippen LogP contribution in [-0.2, 0) is 0 Å². The number of anilines is 1. The molecule has 1 aromatic carbocycles. The van der Waals surface area contributed by atoms with Gasteiger partial charge in [-0.15, -0.1) is 5.10 Å². The topological polar surface area (TPSA) is 142 Å². The number of carboxylic acid groups (broad SMARTS) is 1. The second-order valence-corrected chi connectivity index (χ2v) is 5.54. The lowest BCUT2D eigenvalue weighted by molar-refractivity contribution is -0.384. The summed E-state index contributed by atoms with van der Waals surface area (Å²) in [6.07, 6.45) is 1.17. The zero-order valence-corrected chi connectivity index (χ0v) is 13.5. The maximum absolute atomic E-state index is 12.3. The number of aromatic nitrogens is 2. The molecule has 1 aliphatic rings. The second-order valence-electron chi connectivity index (χ2n) is 5.54. The molecule has 11 nitrogen and oxygen atoms in total. The predicted octanol–water partition coefficient (Wildman–Crippen LogP) is 0.713. The van der Waals surface area contributed by atoms with Crippen LogP contribution in [0.4, 0.5) is 16.3 Å². The number of carbonyl (C=O) groups excluding carboxylic acids is 1. The first-order chi connectivity index (χ1) is 12.4. The van der Waals surface area contributed by atoms with E-state index in [0.717, 1.165) is 0 Å². The van der Waals surface area contributed by atoms with Gasteiger partial charge < -0.3 is 15.1 Å². The average Bonchev–Trinajstić information content (AvgIpc) is 3.20. The SMILES string of the molecule is O=C(O)c1ccc(-n2cc([N+](=O)[O-])c(N3CCN(CCO)C3=O)n2)cc1. The number of amides is 2. The van der Waals surface area contributed by atoms with Crippen molar-refractivity contribution >= 4 is 23.5 Å². The lowest BCUT2D eigenvalue weighted by Gasteiger charge is -2.15. The smallest absolute Gasteiger partial charge is 0.335 e. The zero-order chi connectivity index (χ0) is 18.8. The van der Waals surface area contributed by atoms with Gasteiger partial charge in [-0.3, -0.25) is 15.0 Å². The van der Waals surface area contributed by atoms with Crippen LogP contribution >= 0.6 is 0 Å². The maximum atomic E-state index is 12.3. The molecule has 1 aromatic heterocycles. The number of nitro groups is 1. The minimum Gasteiger partial charge on any atom is -0.478 e. The van der Waals surface area contributed by atoms with Crippen LogP contribution in [-0.4, -0.2) is 68.1 Å². The summed E-state index contributed by atoms with van der Waals surface area (Å²) < 4.78 is 1.22. The number of rotatable bonds is 6. The van der Waals surface area contributed by atoms with Crippen molar-refractivity contribution < 1.29 is 24.7 Å². The third kappa shape index (κ3) is 3.07. The molecule has 0 radical (unpaired) electrons. The lowest BCUT2D eigenvalue weighted by atomic mass is 10.2. The summed E-state index contributed by atoms with van der Waals surface area (Å²) in [5.74, 6) is -1.18. The van der Waals surface area contributed by atoms with E-state index in [1.165, 1.54) is 44.9 Å². The number of urea groups is 1. The zero-order valence-electron chi connectivity index (χ0n) is 13.5. The number of β-amino-alcohol motifs (C(OH)–C–C–N with tert-alkyl or cyclic N) is 1. The minimum absolute atomic E-state index is 0.0741. The molecule has 0 unspecified atom stereocenters. The molecule has 0 saturated carbocycles. The predicted molar refractivity (Wildman–Crippen MR) is 88.6 cm³/mol. The Bertz CT molecular complexity index is 862. The van der Waals surface area contributed by atoms with Gasteiger partial charge in [0.05, 0.1) is 22.8 Å². The number of carboxylic acids is 1. The molecule has 136 valence electrons. The summed E-state index contributed by atoms with van der Waals surface area (Å²) in [6.45, 7) is 0.484. The molecule has 0 atom stereocenters.